The Morgan fingerprint density at radius 1 is 1.17 bits per heavy atom. The largest absolute Gasteiger partial charge is 0.378 e. The zero-order valence-corrected chi connectivity index (χ0v) is 20.6. The van der Waals surface area contributed by atoms with Gasteiger partial charge in [-0.25, -0.2) is 18.2 Å². The maximum absolute atomic E-state index is 15.4. The number of ether oxygens (including phenoxy) is 1. The Morgan fingerprint density at radius 2 is 1.86 bits per heavy atom. The number of alkyl halides is 2. The Morgan fingerprint density at radius 3 is 2.50 bits per heavy atom. The summed E-state index contributed by atoms with van der Waals surface area (Å²) in [5.41, 5.74) is 1.92. The van der Waals surface area contributed by atoms with Crippen LogP contribution >= 0.6 is 0 Å². The topological polar surface area (TPSA) is 74.4 Å². The molecule has 0 bridgehead atoms. The first kappa shape index (κ1) is 25.7. The second-order valence-electron chi connectivity index (χ2n) is 9.30. The van der Waals surface area contributed by atoms with Gasteiger partial charge in [0.15, 0.2) is 0 Å². The van der Waals surface area contributed by atoms with Crippen LogP contribution in [0.4, 0.5) is 18.9 Å². The second kappa shape index (κ2) is 9.91. The first-order valence-electron chi connectivity index (χ1n) is 11.6. The van der Waals surface area contributed by atoms with E-state index in [0.29, 0.717) is 28.8 Å². The van der Waals surface area contributed by atoms with Gasteiger partial charge in [0.2, 0.25) is 0 Å². The standard InChI is InChI=1S/C26H28F3N5O2/c1-16-14-34(25(26(28,29)15-36-4)18-5-7-19(27)8-6-18)17(2)13-33(16)22-11-23(35)32(3)21-10-9-20(12-30)31-24(21)22/h5-11,16-17,25H,13-15H2,1-4H3/t16-,17?,25?/m0/s1. The van der Waals surface area contributed by atoms with Crippen molar-refractivity contribution in [3.8, 4) is 6.07 Å². The molecule has 3 atom stereocenters. The van der Waals surface area contributed by atoms with Gasteiger partial charge >= 0.3 is 0 Å². The van der Waals surface area contributed by atoms with Gasteiger partial charge in [-0.1, -0.05) is 12.1 Å². The van der Waals surface area contributed by atoms with Crippen molar-refractivity contribution < 1.29 is 17.9 Å². The SMILES string of the molecule is COCC(F)(F)C(c1ccc(F)cc1)N1C[C@H](C)N(c2cc(=O)n(C)c3ccc(C#N)nc23)CC1C. The van der Waals surface area contributed by atoms with Crippen LogP contribution in [0.1, 0.15) is 31.1 Å². The minimum atomic E-state index is -3.23. The van der Waals surface area contributed by atoms with Crippen LogP contribution in [0, 0.1) is 17.1 Å². The number of methoxy groups -OCH3 is 1. The summed E-state index contributed by atoms with van der Waals surface area (Å²) in [6, 6.07) is 9.91. The molecule has 3 aromatic rings. The van der Waals surface area contributed by atoms with Gasteiger partial charge in [0, 0.05) is 45.4 Å². The zero-order valence-electron chi connectivity index (χ0n) is 20.6. The van der Waals surface area contributed by atoms with Crippen LogP contribution in [0.15, 0.2) is 47.3 Å². The molecule has 3 heterocycles. The van der Waals surface area contributed by atoms with Crippen molar-refractivity contribution >= 4 is 16.7 Å². The molecule has 7 nitrogen and oxygen atoms in total. The summed E-state index contributed by atoms with van der Waals surface area (Å²) >= 11 is 0. The van der Waals surface area contributed by atoms with E-state index >= 15 is 8.78 Å². The van der Waals surface area contributed by atoms with Gasteiger partial charge in [-0.05, 0) is 43.7 Å². The summed E-state index contributed by atoms with van der Waals surface area (Å²) in [7, 11) is 2.86. The molecule has 1 aromatic carbocycles. The number of piperazine rings is 1. The molecule has 0 amide bonds. The van der Waals surface area contributed by atoms with Crippen LogP contribution in [0.5, 0.6) is 0 Å². The summed E-state index contributed by atoms with van der Waals surface area (Å²) in [5, 5.41) is 9.35. The number of benzene rings is 1. The number of nitrogens with zero attached hydrogens (tertiary/aromatic N) is 5. The number of aryl methyl sites for hydroxylation is 1. The Balaban J connectivity index is 1.75. The Kier molecular flexibility index (Phi) is 7.07. The average Bonchev–Trinajstić information content (AvgIpc) is 2.84. The summed E-state index contributed by atoms with van der Waals surface area (Å²) in [6.45, 7) is 3.54. The minimum absolute atomic E-state index is 0.220. The highest BCUT2D eigenvalue weighted by molar-refractivity contribution is 5.89. The quantitative estimate of drug-likeness (QED) is 0.513. The minimum Gasteiger partial charge on any atom is -0.378 e. The van der Waals surface area contributed by atoms with Gasteiger partial charge in [0.1, 0.15) is 35.7 Å². The van der Waals surface area contributed by atoms with Gasteiger partial charge in [-0.2, -0.15) is 5.26 Å². The molecule has 0 aliphatic carbocycles. The molecule has 190 valence electrons. The van der Waals surface area contributed by atoms with Gasteiger partial charge < -0.3 is 14.2 Å². The van der Waals surface area contributed by atoms with Gasteiger partial charge in [-0.3, -0.25) is 9.69 Å². The van der Waals surface area contributed by atoms with Crippen LogP contribution in [-0.4, -0.2) is 59.3 Å². The number of fused-ring (bicyclic) bond motifs is 1. The lowest BCUT2D eigenvalue weighted by molar-refractivity contribution is -0.135. The highest BCUT2D eigenvalue weighted by atomic mass is 19.3. The highest BCUT2D eigenvalue weighted by Gasteiger charge is 2.48. The molecule has 36 heavy (non-hydrogen) atoms. The molecule has 4 rings (SSSR count). The Hall–Kier alpha value is -3.42. The molecule has 2 aromatic heterocycles. The molecule has 1 saturated heterocycles. The molecule has 1 aliphatic heterocycles. The molecule has 0 N–H and O–H groups in total. The predicted octanol–water partition coefficient (Wildman–Crippen LogP) is 3.87. The maximum Gasteiger partial charge on any atom is 0.290 e. The normalized spacial score (nSPS) is 19.9. The predicted molar refractivity (Wildman–Crippen MR) is 131 cm³/mol. The van der Waals surface area contributed by atoms with E-state index in [1.165, 1.54) is 42.0 Å². The van der Waals surface area contributed by atoms with E-state index in [1.54, 1.807) is 24.1 Å². The van der Waals surface area contributed by atoms with E-state index in [1.807, 2.05) is 24.8 Å². The number of hydrogen-bond acceptors (Lipinski definition) is 6. The third-order valence-corrected chi connectivity index (χ3v) is 6.78. The molecular weight excluding hydrogens is 471 g/mol. The molecule has 2 unspecified atom stereocenters. The smallest absolute Gasteiger partial charge is 0.290 e. The van der Waals surface area contributed by atoms with Crippen molar-refractivity contribution in [1.82, 2.24) is 14.5 Å². The molecule has 1 fully saturated rings. The summed E-state index contributed by atoms with van der Waals surface area (Å²) in [6.07, 6.45) is 0. The van der Waals surface area contributed by atoms with Crippen LogP contribution in [0.2, 0.25) is 0 Å². The molecular formula is C26H28F3N5O2. The van der Waals surface area contributed by atoms with E-state index < -0.39 is 24.4 Å². The van der Waals surface area contributed by atoms with E-state index in [2.05, 4.69) is 4.98 Å². The Bertz CT molecular complexity index is 1350. The van der Waals surface area contributed by atoms with Crippen molar-refractivity contribution in [3.05, 3.63) is 69.9 Å². The molecule has 10 heteroatoms. The van der Waals surface area contributed by atoms with Crippen molar-refractivity contribution in [2.75, 3.05) is 31.7 Å². The van der Waals surface area contributed by atoms with Crippen molar-refractivity contribution in [3.63, 3.8) is 0 Å². The van der Waals surface area contributed by atoms with Crippen molar-refractivity contribution in [2.45, 2.75) is 37.9 Å². The number of pyridine rings is 2. The first-order valence-corrected chi connectivity index (χ1v) is 11.6. The summed E-state index contributed by atoms with van der Waals surface area (Å²) in [4.78, 5) is 20.9. The fourth-order valence-corrected chi connectivity index (χ4v) is 5.04. The van der Waals surface area contributed by atoms with Gasteiger partial charge in [0.25, 0.3) is 11.5 Å². The molecule has 1 aliphatic rings. The van der Waals surface area contributed by atoms with E-state index in [9.17, 15) is 14.4 Å². The number of hydrogen-bond donors (Lipinski definition) is 0. The number of nitriles is 1. The fourth-order valence-electron chi connectivity index (χ4n) is 5.04. The third-order valence-electron chi connectivity index (χ3n) is 6.78. The lowest BCUT2D eigenvalue weighted by atomic mass is 9.94. The number of halogens is 3. The van der Waals surface area contributed by atoms with Crippen LogP contribution in [0.3, 0.4) is 0 Å². The number of anilines is 1. The monoisotopic (exact) mass is 499 g/mol. The third kappa shape index (κ3) is 4.68. The van der Waals surface area contributed by atoms with Crippen LogP contribution in [0.25, 0.3) is 11.0 Å². The fraction of sp³-hybridized carbons (Fsp3) is 0.423. The van der Waals surface area contributed by atoms with Crippen molar-refractivity contribution in [1.29, 1.82) is 5.26 Å². The molecule has 0 radical (unpaired) electrons. The molecule has 0 saturated carbocycles. The highest BCUT2D eigenvalue weighted by Crippen LogP contribution is 2.40. The van der Waals surface area contributed by atoms with Gasteiger partial charge in [0.05, 0.1) is 11.2 Å². The molecule has 0 spiro atoms. The van der Waals surface area contributed by atoms with Crippen molar-refractivity contribution in [2.24, 2.45) is 7.05 Å². The Labute approximate surface area is 207 Å². The lowest BCUT2D eigenvalue weighted by Gasteiger charge is -2.49. The maximum atomic E-state index is 15.4. The summed E-state index contributed by atoms with van der Waals surface area (Å²) < 4.78 is 50.7. The van der Waals surface area contributed by atoms with E-state index in [4.69, 9.17) is 4.74 Å². The lowest BCUT2D eigenvalue weighted by Crippen LogP contribution is -2.60. The summed E-state index contributed by atoms with van der Waals surface area (Å²) in [5.74, 6) is -3.73. The zero-order chi connectivity index (χ0) is 26.2. The average molecular weight is 500 g/mol. The van der Waals surface area contributed by atoms with E-state index in [0.717, 1.165) is 0 Å². The van der Waals surface area contributed by atoms with E-state index in [-0.39, 0.29) is 29.9 Å². The number of rotatable bonds is 6. The second-order valence-corrected chi connectivity index (χ2v) is 9.30. The van der Waals surface area contributed by atoms with Gasteiger partial charge in [-0.15, -0.1) is 0 Å². The van der Waals surface area contributed by atoms with Crippen LogP contribution < -0.4 is 10.5 Å². The first-order chi connectivity index (χ1) is 17.1. The number of aromatic nitrogens is 2. The van der Waals surface area contributed by atoms with Crippen LogP contribution in [-0.2, 0) is 11.8 Å².